The van der Waals surface area contributed by atoms with Gasteiger partial charge in [0.25, 0.3) is 0 Å². The van der Waals surface area contributed by atoms with Crippen molar-refractivity contribution in [3.8, 4) is 0 Å². The second kappa shape index (κ2) is 12.3. The number of likely N-dealkylation sites (tertiary alicyclic amines) is 1. The number of nitrogens with zero attached hydrogens (tertiary/aromatic N) is 3. The van der Waals surface area contributed by atoms with Crippen LogP contribution in [0.4, 0.5) is 23.1 Å². The molecule has 1 aliphatic rings. The monoisotopic (exact) mass is 471 g/mol. The molecule has 1 fully saturated rings. The SMILES string of the molecule is Bc1cnc(Nc2cccc(NC(=O)C(N)Cc3ccccc3)c2)nc1NCCN1CCCCC1. The van der Waals surface area contributed by atoms with E-state index in [1.807, 2.05) is 68.6 Å². The van der Waals surface area contributed by atoms with Crippen molar-refractivity contribution in [1.82, 2.24) is 14.9 Å². The highest BCUT2D eigenvalue weighted by Crippen LogP contribution is 2.19. The molecule has 1 amide bonds. The van der Waals surface area contributed by atoms with E-state index in [1.165, 1.54) is 32.4 Å². The first kappa shape index (κ1) is 24.7. The summed E-state index contributed by atoms with van der Waals surface area (Å²) in [6, 6.07) is 16.6. The second-order valence-corrected chi connectivity index (χ2v) is 9.05. The summed E-state index contributed by atoms with van der Waals surface area (Å²) in [5, 5.41) is 9.60. The van der Waals surface area contributed by atoms with Gasteiger partial charge in [-0.25, -0.2) is 4.98 Å². The molecule has 1 aliphatic heterocycles. The fourth-order valence-electron chi connectivity index (χ4n) is 4.20. The highest BCUT2D eigenvalue weighted by Gasteiger charge is 2.15. The molecule has 3 aromatic rings. The number of nitrogens with one attached hydrogen (secondary N) is 3. The molecule has 1 aromatic heterocycles. The number of benzene rings is 2. The van der Waals surface area contributed by atoms with Crippen LogP contribution in [0.25, 0.3) is 0 Å². The number of carbonyl (C=O) groups is 1. The van der Waals surface area contributed by atoms with E-state index in [9.17, 15) is 4.79 Å². The van der Waals surface area contributed by atoms with Gasteiger partial charge in [0.15, 0.2) is 0 Å². The van der Waals surface area contributed by atoms with Gasteiger partial charge in [0.1, 0.15) is 13.7 Å². The lowest BCUT2D eigenvalue weighted by Crippen LogP contribution is -2.37. The molecule has 9 heteroatoms. The van der Waals surface area contributed by atoms with Crippen molar-refractivity contribution in [2.45, 2.75) is 31.7 Å². The van der Waals surface area contributed by atoms with Crippen LogP contribution in [0.2, 0.25) is 0 Å². The maximum Gasteiger partial charge on any atom is 0.241 e. The van der Waals surface area contributed by atoms with Gasteiger partial charge in [0, 0.05) is 30.7 Å². The number of aromatic nitrogens is 2. The Labute approximate surface area is 208 Å². The topological polar surface area (TPSA) is 108 Å². The zero-order valence-corrected chi connectivity index (χ0v) is 20.3. The van der Waals surface area contributed by atoms with Gasteiger partial charge in [-0.3, -0.25) is 4.79 Å². The number of carbonyl (C=O) groups excluding carboxylic acids is 1. The Bertz CT molecular complexity index is 1110. The van der Waals surface area contributed by atoms with E-state index in [2.05, 4.69) is 30.8 Å². The van der Waals surface area contributed by atoms with Crippen molar-refractivity contribution >= 4 is 42.4 Å². The van der Waals surface area contributed by atoms with Crippen LogP contribution in [-0.4, -0.2) is 60.8 Å². The number of amides is 1. The number of hydrogen-bond donors (Lipinski definition) is 4. The lowest BCUT2D eigenvalue weighted by molar-refractivity contribution is -0.117. The van der Waals surface area contributed by atoms with Crippen molar-refractivity contribution in [3.05, 3.63) is 66.4 Å². The molecule has 0 aliphatic carbocycles. The van der Waals surface area contributed by atoms with Gasteiger partial charge >= 0.3 is 0 Å². The molecular formula is C26H34BN7O. The van der Waals surface area contributed by atoms with Crippen molar-refractivity contribution in [3.63, 3.8) is 0 Å². The van der Waals surface area contributed by atoms with Gasteiger partial charge in [-0.2, -0.15) is 4.98 Å². The van der Waals surface area contributed by atoms with Crippen LogP contribution in [0.3, 0.4) is 0 Å². The van der Waals surface area contributed by atoms with Crippen LogP contribution in [0, 0.1) is 0 Å². The molecule has 1 unspecified atom stereocenters. The summed E-state index contributed by atoms with van der Waals surface area (Å²) in [6.07, 6.45) is 6.22. The fourth-order valence-corrected chi connectivity index (χ4v) is 4.20. The van der Waals surface area contributed by atoms with E-state index < -0.39 is 6.04 Å². The quantitative estimate of drug-likeness (QED) is 0.335. The van der Waals surface area contributed by atoms with E-state index >= 15 is 0 Å². The molecule has 1 saturated heterocycles. The normalized spacial score (nSPS) is 14.8. The molecule has 0 radical (unpaired) electrons. The molecule has 1 atom stereocenters. The number of rotatable bonds is 10. The summed E-state index contributed by atoms with van der Waals surface area (Å²) in [5.41, 5.74) is 9.59. The van der Waals surface area contributed by atoms with E-state index in [0.717, 1.165) is 35.6 Å². The average molecular weight is 471 g/mol. The van der Waals surface area contributed by atoms with Crippen LogP contribution < -0.4 is 27.1 Å². The zero-order chi connectivity index (χ0) is 24.5. The minimum atomic E-state index is -0.631. The fraction of sp³-hybridized carbons (Fsp3) is 0.346. The lowest BCUT2D eigenvalue weighted by atomic mass is 9.99. The van der Waals surface area contributed by atoms with Crippen LogP contribution in [0.15, 0.2) is 60.8 Å². The van der Waals surface area contributed by atoms with Crippen LogP contribution in [-0.2, 0) is 11.2 Å². The summed E-state index contributed by atoms with van der Waals surface area (Å²) in [7, 11) is 2.00. The number of hydrogen-bond acceptors (Lipinski definition) is 7. The Kier molecular flexibility index (Phi) is 8.70. The van der Waals surface area contributed by atoms with Crippen LogP contribution in [0.1, 0.15) is 24.8 Å². The Morgan fingerprint density at radius 2 is 1.83 bits per heavy atom. The maximum atomic E-state index is 12.6. The first-order valence-corrected chi connectivity index (χ1v) is 12.3. The highest BCUT2D eigenvalue weighted by atomic mass is 16.2. The predicted molar refractivity (Wildman–Crippen MR) is 145 cm³/mol. The molecule has 0 saturated carbocycles. The van der Waals surface area contributed by atoms with Gasteiger partial charge in [-0.1, -0.05) is 42.8 Å². The summed E-state index contributed by atoms with van der Waals surface area (Å²) in [4.78, 5) is 24.2. The van der Waals surface area contributed by atoms with Crippen molar-refractivity contribution in [1.29, 1.82) is 0 Å². The summed E-state index contributed by atoms with van der Waals surface area (Å²) >= 11 is 0. The Morgan fingerprint density at radius 1 is 1.06 bits per heavy atom. The summed E-state index contributed by atoms with van der Waals surface area (Å²) in [6.45, 7) is 4.23. The lowest BCUT2D eigenvalue weighted by Gasteiger charge is -2.26. The third-order valence-electron chi connectivity index (χ3n) is 6.16. The second-order valence-electron chi connectivity index (χ2n) is 9.05. The summed E-state index contributed by atoms with van der Waals surface area (Å²) < 4.78 is 0. The van der Waals surface area contributed by atoms with Gasteiger partial charge in [0.05, 0.1) is 6.04 Å². The molecule has 2 aromatic carbocycles. The molecule has 182 valence electrons. The highest BCUT2D eigenvalue weighted by molar-refractivity contribution is 6.35. The molecule has 35 heavy (non-hydrogen) atoms. The van der Waals surface area contributed by atoms with E-state index in [-0.39, 0.29) is 5.91 Å². The molecule has 8 nitrogen and oxygen atoms in total. The Morgan fingerprint density at radius 3 is 2.63 bits per heavy atom. The first-order chi connectivity index (χ1) is 17.1. The van der Waals surface area contributed by atoms with E-state index in [4.69, 9.17) is 5.73 Å². The largest absolute Gasteiger partial charge is 0.369 e. The Hall–Kier alpha value is -3.43. The summed E-state index contributed by atoms with van der Waals surface area (Å²) in [5.74, 6) is 1.11. The molecule has 4 rings (SSSR count). The van der Waals surface area contributed by atoms with Crippen LogP contribution in [0.5, 0.6) is 0 Å². The van der Waals surface area contributed by atoms with Crippen molar-refractivity contribution in [2.24, 2.45) is 5.73 Å². The molecule has 0 spiro atoms. The molecule has 2 heterocycles. The van der Waals surface area contributed by atoms with E-state index in [1.54, 1.807) is 0 Å². The first-order valence-electron chi connectivity index (χ1n) is 12.3. The molecular weight excluding hydrogens is 437 g/mol. The molecule has 0 bridgehead atoms. The third kappa shape index (κ3) is 7.53. The van der Waals surface area contributed by atoms with Gasteiger partial charge in [-0.05, 0) is 61.6 Å². The average Bonchev–Trinajstić information content (AvgIpc) is 2.87. The number of anilines is 4. The standard InChI is InChI=1S/C26H34BN7O/c27-22-18-30-26(33-24(22)29-12-15-34-13-5-2-6-14-34)32-21-11-7-10-20(17-21)31-25(35)23(28)16-19-8-3-1-4-9-19/h1,3-4,7-11,17-18,23H,2,5-6,12-16,27-28H2,(H,31,35)(H2,29,30,32,33). The molecule has 5 N–H and O–H groups in total. The van der Waals surface area contributed by atoms with Gasteiger partial charge < -0.3 is 26.6 Å². The van der Waals surface area contributed by atoms with Crippen LogP contribution >= 0.6 is 0 Å². The third-order valence-corrected chi connectivity index (χ3v) is 6.16. The van der Waals surface area contributed by atoms with Crippen molar-refractivity contribution in [2.75, 3.05) is 42.1 Å². The predicted octanol–water partition coefficient (Wildman–Crippen LogP) is 1.88. The van der Waals surface area contributed by atoms with Gasteiger partial charge in [0.2, 0.25) is 11.9 Å². The number of nitrogens with two attached hydrogens (primary N) is 1. The minimum Gasteiger partial charge on any atom is -0.369 e. The van der Waals surface area contributed by atoms with Gasteiger partial charge in [-0.15, -0.1) is 0 Å². The number of piperidine rings is 1. The van der Waals surface area contributed by atoms with E-state index in [0.29, 0.717) is 18.1 Å². The van der Waals surface area contributed by atoms with Crippen molar-refractivity contribution < 1.29 is 4.79 Å². The zero-order valence-electron chi connectivity index (χ0n) is 20.3. The maximum absolute atomic E-state index is 12.6. The smallest absolute Gasteiger partial charge is 0.241 e. The Balaban J connectivity index is 1.32. The minimum absolute atomic E-state index is 0.224.